The van der Waals surface area contributed by atoms with Crippen LogP contribution < -0.4 is 4.74 Å². The molecule has 1 atom stereocenters. The van der Waals surface area contributed by atoms with Crippen LogP contribution in [0.5, 0.6) is 5.75 Å². The van der Waals surface area contributed by atoms with Gasteiger partial charge in [0.15, 0.2) is 0 Å². The molecule has 0 saturated carbocycles. The fraction of sp³-hybridized carbons (Fsp3) is 0.294. The van der Waals surface area contributed by atoms with Gasteiger partial charge in [-0.1, -0.05) is 48.9 Å². The predicted molar refractivity (Wildman–Crippen MR) is 82.2 cm³/mol. The van der Waals surface area contributed by atoms with Crippen LogP contribution in [0.25, 0.3) is 0 Å². The quantitative estimate of drug-likeness (QED) is 0.876. The molecule has 0 aliphatic carbocycles. The van der Waals surface area contributed by atoms with E-state index in [2.05, 4.69) is 31.2 Å². The Morgan fingerprint density at radius 2 is 1.75 bits per heavy atom. The van der Waals surface area contributed by atoms with E-state index >= 15 is 0 Å². The van der Waals surface area contributed by atoms with Crippen molar-refractivity contribution in [3.63, 3.8) is 0 Å². The maximum Gasteiger partial charge on any atom is 0.138 e. The number of hydrogen-bond donors (Lipinski definition) is 1. The molecule has 0 saturated heterocycles. The summed E-state index contributed by atoms with van der Waals surface area (Å²) in [6.45, 7) is 4.33. The molecule has 0 aliphatic heterocycles. The van der Waals surface area contributed by atoms with Crippen molar-refractivity contribution in [2.45, 2.75) is 33.0 Å². The average Bonchev–Trinajstić information content (AvgIpc) is 2.46. The molecular formula is C17H19ClO2. The highest BCUT2D eigenvalue weighted by Gasteiger charge is 2.06. The van der Waals surface area contributed by atoms with Crippen molar-refractivity contribution in [2.24, 2.45) is 0 Å². The van der Waals surface area contributed by atoms with Crippen LogP contribution in [0.3, 0.4) is 0 Å². The van der Waals surface area contributed by atoms with Gasteiger partial charge in [-0.3, -0.25) is 0 Å². The lowest BCUT2D eigenvalue weighted by Gasteiger charge is -2.11. The zero-order valence-corrected chi connectivity index (χ0v) is 12.5. The number of aryl methyl sites for hydroxylation is 1. The van der Waals surface area contributed by atoms with E-state index in [1.54, 1.807) is 19.1 Å². The molecule has 0 aromatic heterocycles. The summed E-state index contributed by atoms with van der Waals surface area (Å²) in [7, 11) is 0. The fourth-order valence-electron chi connectivity index (χ4n) is 1.93. The van der Waals surface area contributed by atoms with Crippen LogP contribution in [-0.4, -0.2) is 5.11 Å². The van der Waals surface area contributed by atoms with Gasteiger partial charge >= 0.3 is 0 Å². The molecule has 2 rings (SSSR count). The monoisotopic (exact) mass is 290 g/mol. The predicted octanol–water partition coefficient (Wildman–Crippen LogP) is 4.53. The van der Waals surface area contributed by atoms with Crippen molar-refractivity contribution < 1.29 is 9.84 Å². The van der Waals surface area contributed by atoms with Gasteiger partial charge in [0.05, 0.1) is 11.1 Å². The van der Waals surface area contributed by atoms with Crippen LogP contribution in [0.2, 0.25) is 5.02 Å². The van der Waals surface area contributed by atoms with Crippen LogP contribution in [0, 0.1) is 0 Å². The summed E-state index contributed by atoms with van der Waals surface area (Å²) in [5, 5.41) is 10.0. The van der Waals surface area contributed by atoms with E-state index in [1.165, 1.54) is 5.56 Å². The number of aliphatic hydroxyl groups is 1. The molecule has 0 fully saturated rings. The summed E-state index contributed by atoms with van der Waals surface area (Å²) >= 11 is 6.15. The number of hydrogen-bond acceptors (Lipinski definition) is 2. The Kier molecular flexibility index (Phi) is 5.05. The summed E-state index contributed by atoms with van der Waals surface area (Å²) in [6.07, 6.45) is 0.511. The molecule has 20 heavy (non-hydrogen) atoms. The van der Waals surface area contributed by atoms with Crippen LogP contribution >= 0.6 is 11.6 Å². The standard InChI is InChI=1S/C17H19ClO2/c1-3-13-4-6-14(7-5-13)11-20-17-9-8-15(12(2)19)10-16(17)18/h4-10,12,19H,3,11H2,1-2H3/t12-/m0/s1. The van der Waals surface area contributed by atoms with E-state index in [4.69, 9.17) is 16.3 Å². The largest absolute Gasteiger partial charge is 0.487 e. The fourth-order valence-corrected chi connectivity index (χ4v) is 2.17. The molecule has 2 nitrogen and oxygen atoms in total. The maximum absolute atomic E-state index is 9.50. The topological polar surface area (TPSA) is 29.5 Å². The first-order valence-corrected chi connectivity index (χ1v) is 7.16. The SMILES string of the molecule is CCc1ccc(COc2ccc([C@H](C)O)cc2Cl)cc1. The number of ether oxygens (including phenoxy) is 1. The van der Waals surface area contributed by atoms with Gasteiger partial charge in [-0.25, -0.2) is 0 Å². The van der Waals surface area contributed by atoms with Gasteiger partial charge in [0.25, 0.3) is 0 Å². The maximum atomic E-state index is 9.50. The number of aliphatic hydroxyl groups excluding tert-OH is 1. The van der Waals surface area contributed by atoms with Crippen molar-refractivity contribution in [2.75, 3.05) is 0 Å². The third-order valence-corrected chi connectivity index (χ3v) is 3.56. The first-order chi connectivity index (χ1) is 9.60. The summed E-state index contributed by atoms with van der Waals surface area (Å²) < 4.78 is 5.72. The zero-order valence-electron chi connectivity index (χ0n) is 11.8. The molecule has 3 heteroatoms. The Balaban J connectivity index is 2.03. The number of benzene rings is 2. The molecule has 0 heterocycles. The van der Waals surface area contributed by atoms with Crippen LogP contribution in [0.1, 0.15) is 36.6 Å². The van der Waals surface area contributed by atoms with Crippen LogP contribution in [0.4, 0.5) is 0 Å². The second-order valence-electron chi connectivity index (χ2n) is 4.82. The van der Waals surface area contributed by atoms with E-state index in [9.17, 15) is 5.11 Å². The van der Waals surface area contributed by atoms with Crippen molar-refractivity contribution in [1.82, 2.24) is 0 Å². The van der Waals surface area contributed by atoms with Gasteiger partial charge in [0.1, 0.15) is 12.4 Å². The molecule has 106 valence electrons. The lowest BCUT2D eigenvalue weighted by atomic mass is 10.1. The smallest absolute Gasteiger partial charge is 0.138 e. The van der Waals surface area contributed by atoms with Gasteiger partial charge in [0.2, 0.25) is 0 Å². The highest BCUT2D eigenvalue weighted by Crippen LogP contribution is 2.28. The molecule has 0 bridgehead atoms. The molecular weight excluding hydrogens is 272 g/mol. The third-order valence-electron chi connectivity index (χ3n) is 3.26. The highest BCUT2D eigenvalue weighted by atomic mass is 35.5. The first-order valence-electron chi connectivity index (χ1n) is 6.78. The molecule has 0 amide bonds. The molecule has 2 aromatic rings. The number of halogens is 1. The van der Waals surface area contributed by atoms with E-state index in [1.807, 2.05) is 6.07 Å². The van der Waals surface area contributed by atoms with Crippen LogP contribution in [-0.2, 0) is 13.0 Å². The minimum atomic E-state index is -0.525. The molecule has 0 aliphatic rings. The Labute approximate surface area is 125 Å². The van der Waals surface area contributed by atoms with Crippen molar-refractivity contribution in [3.05, 3.63) is 64.2 Å². The Bertz CT molecular complexity index is 562. The molecule has 0 radical (unpaired) electrons. The minimum absolute atomic E-state index is 0.484. The Hall–Kier alpha value is -1.51. The second-order valence-corrected chi connectivity index (χ2v) is 5.23. The third kappa shape index (κ3) is 3.75. The van der Waals surface area contributed by atoms with Crippen molar-refractivity contribution >= 4 is 11.6 Å². The zero-order chi connectivity index (χ0) is 14.5. The molecule has 0 unspecified atom stereocenters. The molecule has 2 aromatic carbocycles. The van der Waals surface area contributed by atoms with E-state index in [0.29, 0.717) is 17.4 Å². The van der Waals surface area contributed by atoms with Gasteiger partial charge in [-0.15, -0.1) is 0 Å². The van der Waals surface area contributed by atoms with Crippen molar-refractivity contribution in [3.8, 4) is 5.75 Å². The second kappa shape index (κ2) is 6.78. The van der Waals surface area contributed by atoms with Gasteiger partial charge in [-0.2, -0.15) is 0 Å². The van der Waals surface area contributed by atoms with Gasteiger partial charge in [-0.05, 0) is 42.2 Å². The van der Waals surface area contributed by atoms with Gasteiger partial charge < -0.3 is 9.84 Å². The van der Waals surface area contributed by atoms with Crippen LogP contribution in [0.15, 0.2) is 42.5 Å². The first kappa shape index (κ1) is 14.9. The summed E-state index contributed by atoms with van der Waals surface area (Å²) in [6, 6.07) is 13.7. The summed E-state index contributed by atoms with van der Waals surface area (Å²) in [5.41, 5.74) is 3.21. The Morgan fingerprint density at radius 3 is 2.30 bits per heavy atom. The minimum Gasteiger partial charge on any atom is -0.487 e. The van der Waals surface area contributed by atoms with E-state index < -0.39 is 6.10 Å². The normalized spacial score (nSPS) is 12.2. The Morgan fingerprint density at radius 1 is 1.10 bits per heavy atom. The lowest BCUT2D eigenvalue weighted by Crippen LogP contribution is -1.97. The highest BCUT2D eigenvalue weighted by molar-refractivity contribution is 6.32. The van der Waals surface area contributed by atoms with E-state index in [-0.39, 0.29) is 0 Å². The lowest BCUT2D eigenvalue weighted by molar-refractivity contribution is 0.199. The van der Waals surface area contributed by atoms with E-state index in [0.717, 1.165) is 17.5 Å². The van der Waals surface area contributed by atoms with Gasteiger partial charge in [0, 0.05) is 0 Å². The van der Waals surface area contributed by atoms with Crippen molar-refractivity contribution in [1.29, 1.82) is 0 Å². The molecule has 0 spiro atoms. The number of rotatable bonds is 5. The summed E-state index contributed by atoms with van der Waals surface area (Å²) in [4.78, 5) is 0. The average molecular weight is 291 g/mol. The summed E-state index contributed by atoms with van der Waals surface area (Å²) in [5.74, 6) is 0.635. The molecule has 1 N–H and O–H groups in total.